The van der Waals surface area contributed by atoms with Crippen LogP contribution in [0.4, 0.5) is 0 Å². The first-order valence-electron chi connectivity index (χ1n) is 7.00. The molecule has 0 spiro atoms. The summed E-state index contributed by atoms with van der Waals surface area (Å²) < 4.78 is 31.3. The zero-order valence-corrected chi connectivity index (χ0v) is 13.6. The van der Waals surface area contributed by atoms with Crippen LogP contribution in [0.25, 0.3) is 0 Å². The molecule has 0 aliphatic rings. The van der Waals surface area contributed by atoms with E-state index in [-0.39, 0.29) is 11.2 Å². The molecule has 0 heterocycles. The van der Waals surface area contributed by atoms with E-state index in [0.29, 0.717) is 19.6 Å². The fourth-order valence-electron chi connectivity index (χ4n) is 1.53. The van der Waals surface area contributed by atoms with Crippen molar-refractivity contribution in [3.63, 3.8) is 0 Å². The molecule has 0 atom stereocenters. The van der Waals surface area contributed by atoms with Gasteiger partial charge in [-0.1, -0.05) is 20.8 Å². The largest absolute Gasteiger partial charge is 0.385 e. The van der Waals surface area contributed by atoms with Gasteiger partial charge in [0.2, 0.25) is 10.0 Å². The van der Waals surface area contributed by atoms with E-state index in [1.54, 1.807) is 7.11 Å². The Morgan fingerprint density at radius 1 is 1.21 bits per heavy atom. The zero-order valence-electron chi connectivity index (χ0n) is 12.8. The number of ether oxygens (including phenoxy) is 1. The molecule has 0 bridgehead atoms. The van der Waals surface area contributed by atoms with Crippen LogP contribution in [0.15, 0.2) is 0 Å². The van der Waals surface area contributed by atoms with Crippen molar-refractivity contribution in [1.82, 2.24) is 10.0 Å². The molecule has 0 fully saturated rings. The Kier molecular flexibility index (Phi) is 9.60. The summed E-state index contributed by atoms with van der Waals surface area (Å²) in [5, 5.41) is 3.20. The lowest BCUT2D eigenvalue weighted by molar-refractivity contribution is 0.153. The van der Waals surface area contributed by atoms with Crippen molar-refractivity contribution in [2.45, 2.75) is 40.0 Å². The molecule has 0 aromatic rings. The van der Waals surface area contributed by atoms with Crippen LogP contribution in [0, 0.1) is 5.41 Å². The predicted molar refractivity (Wildman–Crippen MR) is 79.8 cm³/mol. The van der Waals surface area contributed by atoms with E-state index < -0.39 is 10.0 Å². The molecule has 0 radical (unpaired) electrons. The first-order valence-corrected chi connectivity index (χ1v) is 8.65. The lowest BCUT2D eigenvalue weighted by Gasteiger charge is -2.24. The summed E-state index contributed by atoms with van der Waals surface area (Å²) in [7, 11) is -1.50. The SMILES string of the molecule is CCCNCCCS(=O)(=O)NCC(C)(C)CCOC. The van der Waals surface area contributed by atoms with Crippen LogP contribution < -0.4 is 10.0 Å². The predicted octanol–water partition coefficient (Wildman–Crippen LogP) is 1.36. The average Bonchev–Trinajstić information content (AvgIpc) is 2.34. The molecule has 2 N–H and O–H groups in total. The summed E-state index contributed by atoms with van der Waals surface area (Å²) in [4.78, 5) is 0. The molecule has 0 unspecified atom stereocenters. The van der Waals surface area contributed by atoms with Gasteiger partial charge < -0.3 is 10.1 Å². The Labute approximate surface area is 118 Å². The Morgan fingerprint density at radius 2 is 1.89 bits per heavy atom. The fraction of sp³-hybridized carbons (Fsp3) is 1.00. The molecule has 6 heteroatoms. The van der Waals surface area contributed by atoms with E-state index in [9.17, 15) is 8.42 Å². The molecule has 0 aliphatic heterocycles. The van der Waals surface area contributed by atoms with Crippen LogP contribution >= 0.6 is 0 Å². The standard InChI is InChI=1S/C13H30N2O3S/c1-5-8-14-9-6-11-19(16,17)15-12-13(2,3)7-10-18-4/h14-15H,5-12H2,1-4H3. The van der Waals surface area contributed by atoms with Crippen LogP contribution in [0.1, 0.15) is 40.0 Å². The molecule has 0 saturated carbocycles. The van der Waals surface area contributed by atoms with Crippen LogP contribution in [0.5, 0.6) is 0 Å². The van der Waals surface area contributed by atoms with E-state index >= 15 is 0 Å². The van der Waals surface area contributed by atoms with E-state index in [0.717, 1.165) is 25.9 Å². The maximum Gasteiger partial charge on any atom is 0.211 e. The number of hydrogen-bond acceptors (Lipinski definition) is 4. The topological polar surface area (TPSA) is 67.4 Å². The monoisotopic (exact) mass is 294 g/mol. The number of methoxy groups -OCH3 is 1. The second-order valence-corrected chi connectivity index (χ2v) is 7.58. The van der Waals surface area contributed by atoms with Crippen molar-refractivity contribution in [2.75, 3.05) is 39.1 Å². The third kappa shape index (κ3) is 11.4. The highest BCUT2D eigenvalue weighted by atomic mass is 32.2. The van der Waals surface area contributed by atoms with Crippen LogP contribution in [0.2, 0.25) is 0 Å². The minimum atomic E-state index is -3.16. The average molecular weight is 294 g/mol. The van der Waals surface area contributed by atoms with Crippen molar-refractivity contribution < 1.29 is 13.2 Å². The van der Waals surface area contributed by atoms with E-state index in [1.165, 1.54) is 0 Å². The Balaban J connectivity index is 3.89. The summed E-state index contributed by atoms with van der Waals surface area (Å²) in [6.07, 6.45) is 2.55. The Hall–Kier alpha value is -0.170. The van der Waals surface area contributed by atoms with Gasteiger partial charge in [-0.05, 0) is 37.8 Å². The van der Waals surface area contributed by atoms with Crippen molar-refractivity contribution in [3.05, 3.63) is 0 Å². The molecular formula is C13H30N2O3S. The zero-order chi connectivity index (χ0) is 14.8. The maximum atomic E-state index is 11.8. The van der Waals surface area contributed by atoms with Crippen LogP contribution in [0.3, 0.4) is 0 Å². The highest BCUT2D eigenvalue weighted by Crippen LogP contribution is 2.19. The summed E-state index contributed by atoms with van der Waals surface area (Å²) >= 11 is 0. The molecule has 116 valence electrons. The van der Waals surface area contributed by atoms with E-state index in [4.69, 9.17) is 4.74 Å². The second-order valence-electron chi connectivity index (χ2n) is 5.65. The summed E-state index contributed by atoms with van der Waals surface area (Å²) in [6, 6.07) is 0. The van der Waals surface area contributed by atoms with Gasteiger partial charge in [-0.15, -0.1) is 0 Å². The lowest BCUT2D eigenvalue weighted by atomic mass is 9.90. The van der Waals surface area contributed by atoms with Gasteiger partial charge >= 0.3 is 0 Å². The first kappa shape index (κ1) is 18.8. The molecule has 0 aliphatic carbocycles. The molecule has 0 aromatic carbocycles. The van der Waals surface area contributed by atoms with Gasteiger partial charge in [0, 0.05) is 20.3 Å². The van der Waals surface area contributed by atoms with E-state index in [2.05, 4.69) is 17.0 Å². The molecule has 19 heavy (non-hydrogen) atoms. The third-order valence-corrected chi connectivity index (χ3v) is 4.36. The highest BCUT2D eigenvalue weighted by Gasteiger charge is 2.20. The van der Waals surface area contributed by atoms with Gasteiger partial charge in [0.15, 0.2) is 0 Å². The van der Waals surface area contributed by atoms with Gasteiger partial charge in [-0.2, -0.15) is 0 Å². The minimum absolute atomic E-state index is 0.0798. The fourth-order valence-corrected chi connectivity index (χ4v) is 2.81. The van der Waals surface area contributed by atoms with Crippen LogP contribution in [-0.2, 0) is 14.8 Å². The first-order chi connectivity index (χ1) is 8.83. The Morgan fingerprint density at radius 3 is 2.47 bits per heavy atom. The summed E-state index contributed by atoms with van der Waals surface area (Å²) in [5.74, 6) is 0.185. The molecule has 5 nitrogen and oxygen atoms in total. The quantitative estimate of drug-likeness (QED) is 0.533. The third-order valence-electron chi connectivity index (χ3n) is 2.95. The van der Waals surface area contributed by atoms with Crippen molar-refractivity contribution in [1.29, 1.82) is 0 Å². The normalized spacial score (nSPS) is 12.8. The van der Waals surface area contributed by atoms with Gasteiger partial charge in [0.25, 0.3) is 0 Å². The van der Waals surface area contributed by atoms with Gasteiger partial charge in [-0.3, -0.25) is 0 Å². The van der Waals surface area contributed by atoms with Gasteiger partial charge in [-0.25, -0.2) is 13.1 Å². The minimum Gasteiger partial charge on any atom is -0.385 e. The molecule has 0 rings (SSSR count). The summed E-state index contributed by atoms with van der Waals surface area (Å²) in [5.41, 5.74) is -0.0798. The number of nitrogens with one attached hydrogen (secondary N) is 2. The number of hydrogen-bond donors (Lipinski definition) is 2. The summed E-state index contributed by atoms with van der Waals surface area (Å²) in [6.45, 7) is 8.97. The van der Waals surface area contributed by atoms with E-state index in [1.807, 2.05) is 13.8 Å². The van der Waals surface area contributed by atoms with Gasteiger partial charge in [0.05, 0.1) is 5.75 Å². The molecular weight excluding hydrogens is 264 g/mol. The lowest BCUT2D eigenvalue weighted by Crippen LogP contribution is -2.36. The van der Waals surface area contributed by atoms with Crippen molar-refractivity contribution in [2.24, 2.45) is 5.41 Å². The number of sulfonamides is 1. The molecule has 0 aromatic heterocycles. The highest BCUT2D eigenvalue weighted by molar-refractivity contribution is 7.89. The second kappa shape index (κ2) is 9.69. The Bertz CT molecular complexity index is 316. The van der Waals surface area contributed by atoms with Crippen molar-refractivity contribution in [3.8, 4) is 0 Å². The molecule has 0 saturated heterocycles. The molecule has 0 amide bonds. The van der Waals surface area contributed by atoms with Crippen LogP contribution in [-0.4, -0.2) is 47.5 Å². The van der Waals surface area contributed by atoms with Gasteiger partial charge in [0.1, 0.15) is 0 Å². The maximum absolute atomic E-state index is 11.8. The number of rotatable bonds is 12. The van der Waals surface area contributed by atoms with Crippen molar-refractivity contribution >= 4 is 10.0 Å². The smallest absolute Gasteiger partial charge is 0.211 e.